The van der Waals surface area contributed by atoms with E-state index in [-0.39, 0.29) is 5.75 Å². The van der Waals surface area contributed by atoms with Crippen molar-refractivity contribution in [3.63, 3.8) is 0 Å². The molecule has 2 aromatic heterocycles. The van der Waals surface area contributed by atoms with Gasteiger partial charge >= 0.3 is 0 Å². The molecule has 0 fully saturated rings. The van der Waals surface area contributed by atoms with Gasteiger partial charge in [0.2, 0.25) is 0 Å². The van der Waals surface area contributed by atoms with Crippen LogP contribution in [0.1, 0.15) is 50.7 Å². The number of benzene rings is 5. The Balaban J connectivity index is 1.52. The van der Waals surface area contributed by atoms with Gasteiger partial charge in [0.25, 0.3) is 0 Å². The first-order chi connectivity index (χ1) is 21.4. The van der Waals surface area contributed by atoms with Crippen molar-refractivity contribution >= 4 is 21.8 Å². The summed E-state index contributed by atoms with van der Waals surface area (Å²) < 4.78 is 2.25. The van der Waals surface area contributed by atoms with Gasteiger partial charge in [-0.25, -0.2) is 9.97 Å². The van der Waals surface area contributed by atoms with Crippen LogP contribution in [0.4, 0.5) is 0 Å². The van der Waals surface area contributed by atoms with Gasteiger partial charge in [-0.2, -0.15) is 0 Å². The molecule has 0 aliphatic rings. The van der Waals surface area contributed by atoms with E-state index < -0.39 is 0 Å². The van der Waals surface area contributed by atoms with Crippen molar-refractivity contribution in [3.05, 3.63) is 132 Å². The molecule has 0 aliphatic heterocycles. The molecule has 0 saturated carbocycles. The number of rotatable bonds is 6. The maximum absolute atomic E-state index is 12.2. The van der Waals surface area contributed by atoms with Crippen LogP contribution >= 0.6 is 0 Å². The Hall–Kier alpha value is -5.22. The second kappa shape index (κ2) is 11.1. The van der Waals surface area contributed by atoms with E-state index in [0.717, 1.165) is 44.4 Å². The van der Waals surface area contributed by atoms with E-state index in [9.17, 15) is 5.11 Å². The molecular weight excluding hydrogens is 538 g/mol. The third-order valence-electron chi connectivity index (χ3n) is 8.47. The van der Waals surface area contributed by atoms with Crippen LogP contribution in [0.15, 0.2) is 121 Å². The van der Waals surface area contributed by atoms with Gasteiger partial charge in [-0.3, -0.25) is 4.57 Å². The Kier molecular flexibility index (Phi) is 6.98. The van der Waals surface area contributed by atoms with E-state index in [4.69, 9.17) is 9.97 Å². The SMILES string of the molecule is CC(C)c1cccc(C(C)C)c1-n1c(-c2cccc(-c3nc(-c4ccccc4)cc4ccccc34)c2O)nc2ccccc21. The lowest BCUT2D eigenvalue weighted by Crippen LogP contribution is -2.08. The third kappa shape index (κ3) is 4.64. The molecule has 5 aromatic carbocycles. The molecule has 2 heterocycles. The molecule has 0 aliphatic carbocycles. The number of fused-ring (bicyclic) bond motifs is 2. The predicted octanol–water partition coefficient (Wildman–Crippen LogP) is 10.5. The Morgan fingerprint density at radius 2 is 1.25 bits per heavy atom. The van der Waals surface area contributed by atoms with E-state index in [1.54, 1.807) is 0 Å². The largest absolute Gasteiger partial charge is 0.506 e. The summed E-state index contributed by atoms with van der Waals surface area (Å²) in [7, 11) is 0. The van der Waals surface area contributed by atoms with Crippen molar-refractivity contribution in [2.24, 2.45) is 0 Å². The number of aromatic hydroxyl groups is 1. The number of nitrogens with zero attached hydrogens (tertiary/aromatic N) is 3. The summed E-state index contributed by atoms with van der Waals surface area (Å²) in [6.45, 7) is 8.93. The maximum Gasteiger partial charge on any atom is 0.149 e. The zero-order chi connectivity index (χ0) is 30.4. The standard InChI is InChI=1S/C40H35N3O/c1-25(2)29-18-12-19-30(26(3)4)38(29)43-36-23-11-10-22-34(36)42-40(43)33-21-13-20-32(39(33)44)37-31-17-9-8-16-28(31)24-35(41-37)27-14-6-5-7-15-27/h5-26,44H,1-4H3. The number of phenols is 1. The van der Waals surface area contributed by atoms with Gasteiger partial charge < -0.3 is 5.11 Å². The van der Waals surface area contributed by atoms with Crippen molar-refractivity contribution in [1.29, 1.82) is 0 Å². The van der Waals surface area contributed by atoms with Crippen LogP contribution in [0.25, 0.3) is 61.4 Å². The molecule has 0 unspecified atom stereocenters. The molecule has 1 N–H and O–H groups in total. The summed E-state index contributed by atoms with van der Waals surface area (Å²) in [6.07, 6.45) is 0. The molecule has 0 saturated heterocycles. The maximum atomic E-state index is 12.2. The number of hydrogen-bond donors (Lipinski definition) is 1. The zero-order valence-corrected chi connectivity index (χ0v) is 25.5. The van der Waals surface area contributed by atoms with Crippen LogP contribution in [0.2, 0.25) is 0 Å². The summed E-state index contributed by atoms with van der Waals surface area (Å²) >= 11 is 0. The predicted molar refractivity (Wildman–Crippen MR) is 183 cm³/mol. The van der Waals surface area contributed by atoms with E-state index >= 15 is 0 Å². The van der Waals surface area contributed by atoms with Crippen LogP contribution in [0, 0.1) is 0 Å². The van der Waals surface area contributed by atoms with Gasteiger partial charge in [0, 0.05) is 16.5 Å². The fourth-order valence-corrected chi connectivity index (χ4v) is 6.28. The first-order valence-corrected chi connectivity index (χ1v) is 15.3. The Bertz CT molecular complexity index is 2110. The summed E-state index contributed by atoms with van der Waals surface area (Å²) in [4.78, 5) is 10.3. The Morgan fingerprint density at radius 3 is 2.00 bits per heavy atom. The second-order valence-electron chi connectivity index (χ2n) is 12.0. The van der Waals surface area contributed by atoms with Crippen molar-refractivity contribution in [2.45, 2.75) is 39.5 Å². The summed E-state index contributed by atoms with van der Waals surface area (Å²) in [5.74, 6) is 1.48. The van der Waals surface area contributed by atoms with Crippen molar-refractivity contribution < 1.29 is 5.11 Å². The molecule has 4 heteroatoms. The molecule has 7 rings (SSSR count). The van der Waals surface area contributed by atoms with Crippen LogP contribution in [0.3, 0.4) is 0 Å². The lowest BCUT2D eigenvalue weighted by molar-refractivity contribution is 0.478. The molecule has 44 heavy (non-hydrogen) atoms. The van der Waals surface area contributed by atoms with E-state index in [2.05, 4.69) is 92.9 Å². The minimum Gasteiger partial charge on any atom is -0.506 e. The highest BCUT2D eigenvalue weighted by Crippen LogP contribution is 2.43. The van der Waals surface area contributed by atoms with Gasteiger partial charge in [-0.15, -0.1) is 0 Å². The van der Waals surface area contributed by atoms with Gasteiger partial charge in [0.1, 0.15) is 11.6 Å². The van der Waals surface area contributed by atoms with E-state index in [0.29, 0.717) is 28.8 Å². The normalized spacial score (nSPS) is 11.7. The topological polar surface area (TPSA) is 50.9 Å². The highest BCUT2D eigenvalue weighted by molar-refractivity contribution is 5.99. The van der Waals surface area contributed by atoms with Crippen molar-refractivity contribution in [2.75, 3.05) is 0 Å². The molecule has 0 spiro atoms. The first-order valence-electron chi connectivity index (χ1n) is 15.3. The summed E-state index contributed by atoms with van der Waals surface area (Å²) in [5, 5.41) is 14.2. The number of imidazole rings is 1. The molecule has 0 radical (unpaired) electrons. The smallest absolute Gasteiger partial charge is 0.149 e. The number of hydrogen-bond acceptors (Lipinski definition) is 3. The van der Waals surface area contributed by atoms with Gasteiger partial charge in [0.15, 0.2) is 0 Å². The van der Waals surface area contributed by atoms with E-state index in [1.807, 2.05) is 60.7 Å². The van der Waals surface area contributed by atoms with E-state index in [1.165, 1.54) is 11.1 Å². The van der Waals surface area contributed by atoms with Crippen molar-refractivity contribution in [1.82, 2.24) is 14.5 Å². The second-order valence-corrected chi connectivity index (χ2v) is 12.0. The number of aromatic nitrogens is 3. The summed E-state index contributed by atoms with van der Waals surface area (Å²) in [6, 6.07) is 41.3. The van der Waals surface area contributed by atoms with Gasteiger partial charge in [-0.1, -0.05) is 119 Å². The minimum absolute atomic E-state index is 0.167. The van der Waals surface area contributed by atoms with Crippen molar-refractivity contribution in [3.8, 4) is 45.3 Å². The van der Waals surface area contributed by atoms with Crippen LogP contribution < -0.4 is 0 Å². The molecule has 0 amide bonds. The van der Waals surface area contributed by atoms with Gasteiger partial charge in [-0.05, 0) is 58.7 Å². The molecule has 0 bridgehead atoms. The monoisotopic (exact) mass is 573 g/mol. The quantitative estimate of drug-likeness (QED) is 0.215. The lowest BCUT2D eigenvalue weighted by Gasteiger charge is -2.23. The molecular formula is C40H35N3O. The average molecular weight is 574 g/mol. The minimum atomic E-state index is 0.167. The molecule has 4 nitrogen and oxygen atoms in total. The first kappa shape index (κ1) is 27.6. The van der Waals surface area contributed by atoms with Crippen LogP contribution in [-0.4, -0.2) is 19.6 Å². The Morgan fingerprint density at radius 1 is 0.614 bits per heavy atom. The average Bonchev–Trinajstić information content (AvgIpc) is 3.43. The third-order valence-corrected chi connectivity index (χ3v) is 8.47. The highest BCUT2D eigenvalue weighted by atomic mass is 16.3. The number of phenolic OH excluding ortho intramolecular Hbond substituents is 1. The number of para-hydroxylation sites is 4. The molecule has 216 valence electrons. The van der Waals surface area contributed by atoms with Crippen LogP contribution in [-0.2, 0) is 0 Å². The lowest BCUT2D eigenvalue weighted by atomic mass is 9.92. The Labute approximate surface area is 258 Å². The fraction of sp³-hybridized carbons (Fsp3) is 0.150. The molecule has 0 atom stereocenters. The zero-order valence-electron chi connectivity index (χ0n) is 25.5. The fourth-order valence-electron chi connectivity index (χ4n) is 6.28. The number of pyridine rings is 1. The molecule has 7 aromatic rings. The summed E-state index contributed by atoms with van der Waals surface area (Å²) in [5.41, 5.74) is 9.52. The van der Waals surface area contributed by atoms with Crippen LogP contribution in [0.5, 0.6) is 5.75 Å². The van der Waals surface area contributed by atoms with Gasteiger partial charge in [0.05, 0.1) is 33.7 Å². The highest BCUT2D eigenvalue weighted by Gasteiger charge is 2.25.